The Morgan fingerprint density at radius 3 is 2.85 bits per heavy atom. The molecule has 0 bridgehead atoms. The first-order valence-electron chi connectivity index (χ1n) is 6.40. The van der Waals surface area contributed by atoms with E-state index < -0.39 is 0 Å². The molecule has 0 aliphatic rings. The maximum absolute atomic E-state index is 11.8. The number of hydrogen-bond donors (Lipinski definition) is 2. The van der Waals surface area contributed by atoms with Crippen LogP contribution in [-0.2, 0) is 11.2 Å². The van der Waals surface area contributed by atoms with Crippen molar-refractivity contribution in [1.82, 2.24) is 20.5 Å². The van der Waals surface area contributed by atoms with Gasteiger partial charge >= 0.3 is 6.03 Å². The molecule has 0 spiro atoms. The Kier molecular flexibility index (Phi) is 6.81. The first-order chi connectivity index (χ1) is 9.63. The van der Waals surface area contributed by atoms with Gasteiger partial charge < -0.3 is 15.5 Å². The van der Waals surface area contributed by atoms with Crippen molar-refractivity contribution < 1.29 is 9.59 Å². The summed E-state index contributed by atoms with van der Waals surface area (Å²) in [6.45, 7) is 4.39. The molecule has 0 atom stereocenters. The van der Waals surface area contributed by atoms with Gasteiger partial charge in [-0.05, 0) is 12.1 Å². The molecule has 6 nitrogen and oxygen atoms in total. The smallest absolute Gasteiger partial charge is 0.315 e. The number of nitrogens with zero attached hydrogens (tertiary/aromatic N) is 2. The van der Waals surface area contributed by atoms with Crippen molar-refractivity contribution in [2.24, 2.45) is 0 Å². The van der Waals surface area contributed by atoms with Gasteiger partial charge in [0.2, 0.25) is 5.91 Å². The molecular formula is C14H20N4O2. The first kappa shape index (κ1) is 15.7. The van der Waals surface area contributed by atoms with Crippen LogP contribution in [0.4, 0.5) is 4.79 Å². The SMILES string of the molecule is C=CCNC(=O)NCC(=O)N(C)CCc1ccccn1. The summed E-state index contributed by atoms with van der Waals surface area (Å²) in [6, 6.07) is 5.30. The van der Waals surface area contributed by atoms with Crippen LogP contribution in [0.25, 0.3) is 0 Å². The van der Waals surface area contributed by atoms with E-state index in [1.807, 2.05) is 18.2 Å². The third kappa shape index (κ3) is 5.99. The third-order valence-electron chi connectivity index (χ3n) is 2.66. The highest BCUT2D eigenvalue weighted by Gasteiger charge is 2.10. The van der Waals surface area contributed by atoms with E-state index in [0.717, 1.165) is 5.69 Å². The van der Waals surface area contributed by atoms with Crippen LogP contribution in [0.3, 0.4) is 0 Å². The van der Waals surface area contributed by atoms with Crippen LogP contribution in [0, 0.1) is 0 Å². The number of nitrogens with one attached hydrogen (secondary N) is 2. The van der Waals surface area contributed by atoms with Crippen molar-refractivity contribution in [3.05, 3.63) is 42.7 Å². The molecule has 1 aromatic rings. The van der Waals surface area contributed by atoms with E-state index in [1.54, 1.807) is 24.2 Å². The molecule has 20 heavy (non-hydrogen) atoms. The summed E-state index contributed by atoms with van der Waals surface area (Å²) in [5.74, 6) is -0.144. The van der Waals surface area contributed by atoms with E-state index >= 15 is 0 Å². The number of carbonyl (C=O) groups is 2. The van der Waals surface area contributed by atoms with E-state index in [0.29, 0.717) is 19.5 Å². The van der Waals surface area contributed by atoms with E-state index in [1.165, 1.54) is 0 Å². The average molecular weight is 276 g/mol. The minimum absolute atomic E-state index is 0.0261. The maximum Gasteiger partial charge on any atom is 0.315 e. The zero-order chi connectivity index (χ0) is 14.8. The Labute approximate surface area is 118 Å². The number of amides is 3. The molecule has 0 radical (unpaired) electrons. The highest BCUT2D eigenvalue weighted by atomic mass is 16.2. The van der Waals surface area contributed by atoms with Crippen molar-refractivity contribution in [2.75, 3.05) is 26.7 Å². The van der Waals surface area contributed by atoms with Gasteiger partial charge in [-0.1, -0.05) is 12.1 Å². The molecule has 0 aliphatic carbocycles. The maximum atomic E-state index is 11.8. The number of carbonyl (C=O) groups excluding carboxylic acids is 2. The topological polar surface area (TPSA) is 74.3 Å². The van der Waals surface area contributed by atoms with E-state index in [9.17, 15) is 9.59 Å². The Hall–Kier alpha value is -2.37. The van der Waals surface area contributed by atoms with Crippen molar-refractivity contribution in [2.45, 2.75) is 6.42 Å². The van der Waals surface area contributed by atoms with Crippen molar-refractivity contribution >= 4 is 11.9 Å². The standard InChI is InChI=1S/C14H20N4O2/c1-3-8-16-14(20)17-11-13(19)18(2)10-7-12-6-4-5-9-15-12/h3-6,9H,1,7-8,10-11H2,2H3,(H2,16,17,20). The van der Waals surface area contributed by atoms with Crippen LogP contribution in [0.15, 0.2) is 37.1 Å². The predicted octanol–water partition coefficient (Wildman–Crippen LogP) is 0.568. The molecule has 0 aromatic carbocycles. The lowest BCUT2D eigenvalue weighted by Crippen LogP contribution is -2.43. The van der Waals surface area contributed by atoms with Gasteiger partial charge in [-0.3, -0.25) is 9.78 Å². The Morgan fingerprint density at radius 2 is 2.20 bits per heavy atom. The van der Waals surface area contributed by atoms with Gasteiger partial charge in [-0.25, -0.2) is 4.79 Å². The number of hydrogen-bond acceptors (Lipinski definition) is 3. The summed E-state index contributed by atoms with van der Waals surface area (Å²) in [7, 11) is 1.70. The van der Waals surface area contributed by atoms with Crippen LogP contribution in [0.5, 0.6) is 0 Å². The minimum atomic E-state index is -0.378. The quantitative estimate of drug-likeness (QED) is 0.715. The molecule has 0 aliphatic heterocycles. The van der Waals surface area contributed by atoms with Crippen LogP contribution in [-0.4, -0.2) is 48.5 Å². The second kappa shape index (κ2) is 8.68. The van der Waals surface area contributed by atoms with Gasteiger partial charge in [0.15, 0.2) is 0 Å². The monoisotopic (exact) mass is 276 g/mol. The molecule has 0 saturated carbocycles. The lowest BCUT2D eigenvalue weighted by atomic mass is 10.2. The fourth-order valence-corrected chi connectivity index (χ4v) is 1.47. The zero-order valence-corrected chi connectivity index (χ0v) is 11.6. The number of likely N-dealkylation sites (N-methyl/N-ethyl adjacent to an activating group) is 1. The molecule has 6 heteroatoms. The highest BCUT2D eigenvalue weighted by Crippen LogP contribution is 1.96. The fraction of sp³-hybridized carbons (Fsp3) is 0.357. The van der Waals surface area contributed by atoms with E-state index in [4.69, 9.17) is 0 Å². The second-order valence-corrected chi connectivity index (χ2v) is 4.24. The van der Waals surface area contributed by atoms with Crippen molar-refractivity contribution in [3.63, 3.8) is 0 Å². The van der Waals surface area contributed by atoms with Gasteiger partial charge in [0.25, 0.3) is 0 Å². The third-order valence-corrected chi connectivity index (χ3v) is 2.66. The minimum Gasteiger partial charge on any atom is -0.344 e. The number of rotatable bonds is 7. The van der Waals surface area contributed by atoms with Gasteiger partial charge in [-0.2, -0.15) is 0 Å². The van der Waals surface area contributed by atoms with Crippen molar-refractivity contribution in [1.29, 1.82) is 0 Å². The molecule has 1 rings (SSSR count). The van der Waals surface area contributed by atoms with Crippen LogP contribution in [0.2, 0.25) is 0 Å². The van der Waals surface area contributed by atoms with Gasteiger partial charge in [0.05, 0.1) is 6.54 Å². The van der Waals surface area contributed by atoms with Crippen molar-refractivity contribution in [3.8, 4) is 0 Å². The van der Waals surface area contributed by atoms with E-state index in [-0.39, 0.29) is 18.5 Å². The largest absolute Gasteiger partial charge is 0.344 e. The molecule has 108 valence electrons. The summed E-state index contributed by atoms with van der Waals surface area (Å²) in [5, 5.41) is 5.03. The van der Waals surface area contributed by atoms with E-state index in [2.05, 4.69) is 22.2 Å². The van der Waals surface area contributed by atoms with Crippen LogP contribution >= 0.6 is 0 Å². The molecule has 1 heterocycles. The molecule has 1 aromatic heterocycles. The van der Waals surface area contributed by atoms with Crippen LogP contribution < -0.4 is 10.6 Å². The lowest BCUT2D eigenvalue weighted by Gasteiger charge is -2.17. The van der Waals surface area contributed by atoms with Gasteiger partial charge in [0.1, 0.15) is 0 Å². The Balaban J connectivity index is 2.25. The lowest BCUT2D eigenvalue weighted by molar-refractivity contribution is -0.128. The molecule has 3 amide bonds. The fourth-order valence-electron chi connectivity index (χ4n) is 1.47. The molecule has 0 saturated heterocycles. The number of pyridine rings is 1. The molecular weight excluding hydrogens is 256 g/mol. The molecule has 0 unspecified atom stereocenters. The number of urea groups is 1. The molecule has 2 N–H and O–H groups in total. The average Bonchev–Trinajstić information content (AvgIpc) is 2.49. The van der Waals surface area contributed by atoms with Gasteiger partial charge in [0, 0.05) is 38.4 Å². The highest BCUT2D eigenvalue weighted by molar-refractivity contribution is 5.83. The van der Waals surface area contributed by atoms with Gasteiger partial charge in [-0.15, -0.1) is 6.58 Å². The van der Waals surface area contributed by atoms with Crippen LogP contribution in [0.1, 0.15) is 5.69 Å². The summed E-state index contributed by atoms with van der Waals surface area (Å²) < 4.78 is 0. The first-order valence-corrected chi connectivity index (χ1v) is 6.40. The number of aromatic nitrogens is 1. The predicted molar refractivity (Wildman–Crippen MR) is 77.2 cm³/mol. The summed E-state index contributed by atoms with van der Waals surface area (Å²) in [5.41, 5.74) is 0.934. The zero-order valence-electron chi connectivity index (χ0n) is 11.6. The molecule has 0 fully saturated rings. The summed E-state index contributed by atoms with van der Waals surface area (Å²) in [6.07, 6.45) is 3.98. The second-order valence-electron chi connectivity index (χ2n) is 4.24. The normalized spacial score (nSPS) is 9.65. The summed E-state index contributed by atoms with van der Waals surface area (Å²) in [4.78, 5) is 28.8. The Morgan fingerprint density at radius 1 is 1.40 bits per heavy atom. The summed E-state index contributed by atoms with van der Waals surface area (Å²) >= 11 is 0. The Bertz CT molecular complexity index is 448.